The summed E-state index contributed by atoms with van der Waals surface area (Å²) in [4.78, 5) is 23.3. The van der Waals surface area contributed by atoms with Crippen LogP contribution in [-0.4, -0.2) is 11.8 Å². The van der Waals surface area contributed by atoms with Crippen molar-refractivity contribution in [1.82, 2.24) is 0 Å². The first kappa shape index (κ1) is 16.7. The SMILES string of the molecule is CC(=O)Nc1cccc(C(=O)Nc2ccc(C(C)C)c(F)c2)c1. The molecule has 4 nitrogen and oxygen atoms in total. The molecule has 0 aromatic heterocycles. The minimum atomic E-state index is -0.367. The summed E-state index contributed by atoms with van der Waals surface area (Å²) in [5, 5.41) is 5.27. The number of rotatable bonds is 4. The van der Waals surface area contributed by atoms with E-state index in [2.05, 4.69) is 10.6 Å². The topological polar surface area (TPSA) is 58.2 Å². The second-order valence-corrected chi connectivity index (χ2v) is 5.61. The van der Waals surface area contributed by atoms with Crippen molar-refractivity contribution in [2.75, 3.05) is 10.6 Å². The van der Waals surface area contributed by atoms with E-state index >= 15 is 0 Å². The van der Waals surface area contributed by atoms with E-state index in [9.17, 15) is 14.0 Å². The fourth-order valence-corrected chi connectivity index (χ4v) is 2.22. The summed E-state index contributed by atoms with van der Waals surface area (Å²) >= 11 is 0. The van der Waals surface area contributed by atoms with Gasteiger partial charge in [0.2, 0.25) is 5.91 Å². The van der Waals surface area contributed by atoms with Crippen LogP contribution in [0, 0.1) is 5.82 Å². The summed E-state index contributed by atoms with van der Waals surface area (Å²) < 4.78 is 14.0. The van der Waals surface area contributed by atoms with Crippen LogP contribution in [0.3, 0.4) is 0 Å². The van der Waals surface area contributed by atoms with Crippen LogP contribution in [-0.2, 0) is 4.79 Å². The van der Waals surface area contributed by atoms with Crippen molar-refractivity contribution < 1.29 is 14.0 Å². The molecule has 2 aromatic carbocycles. The second kappa shape index (κ2) is 7.05. The van der Waals surface area contributed by atoms with Crippen LogP contribution in [0.2, 0.25) is 0 Å². The third-order valence-electron chi connectivity index (χ3n) is 3.33. The number of carbonyl (C=O) groups is 2. The molecule has 0 saturated carbocycles. The lowest BCUT2D eigenvalue weighted by Crippen LogP contribution is -2.13. The van der Waals surface area contributed by atoms with Gasteiger partial charge in [0.1, 0.15) is 5.82 Å². The van der Waals surface area contributed by atoms with Gasteiger partial charge in [-0.15, -0.1) is 0 Å². The van der Waals surface area contributed by atoms with Crippen LogP contribution in [0.5, 0.6) is 0 Å². The lowest BCUT2D eigenvalue weighted by atomic mass is 10.0. The lowest BCUT2D eigenvalue weighted by molar-refractivity contribution is -0.114. The molecule has 0 bridgehead atoms. The van der Waals surface area contributed by atoms with Gasteiger partial charge in [0.15, 0.2) is 0 Å². The average Bonchev–Trinajstić information content (AvgIpc) is 2.46. The van der Waals surface area contributed by atoms with E-state index < -0.39 is 0 Å². The van der Waals surface area contributed by atoms with Crippen LogP contribution in [0.25, 0.3) is 0 Å². The first-order chi connectivity index (χ1) is 10.9. The highest BCUT2D eigenvalue weighted by molar-refractivity contribution is 6.05. The number of halogens is 1. The number of hydrogen-bond acceptors (Lipinski definition) is 2. The van der Waals surface area contributed by atoms with Gasteiger partial charge >= 0.3 is 0 Å². The summed E-state index contributed by atoms with van der Waals surface area (Å²) in [6.07, 6.45) is 0. The molecule has 2 rings (SSSR count). The van der Waals surface area contributed by atoms with E-state index in [-0.39, 0.29) is 23.5 Å². The third-order valence-corrected chi connectivity index (χ3v) is 3.33. The van der Waals surface area contributed by atoms with Crippen molar-refractivity contribution in [3.8, 4) is 0 Å². The minimum absolute atomic E-state index is 0.0779. The number of nitrogens with one attached hydrogen (secondary N) is 2. The molecule has 0 radical (unpaired) electrons. The molecule has 0 aliphatic carbocycles. The van der Waals surface area contributed by atoms with E-state index in [4.69, 9.17) is 0 Å². The molecular formula is C18H19FN2O2. The molecule has 2 N–H and O–H groups in total. The van der Waals surface area contributed by atoms with Crippen molar-refractivity contribution in [1.29, 1.82) is 0 Å². The smallest absolute Gasteiger partial charge is 0.255 e. The van der Waals surface area contributed by atoms with Gasteiger partial charge in [0.05, 0.1) is 0 Å². The molecule has 23 heavy (non-hydrogen) atoms. The zero-order valence-electron chi connectivity index (χ0n) is 13.3. The van der Waals surface area contributed by atoms with E-state index in [0.717, 1.165) is 0 Å². The van der Waals surface area contributed by atoms with Crippen molar-refractivity contribution in [2.45, 2.75) is 26.7 Å². The normalized spacial score (nSPS) is 10.5. The molecule has 2 aromatic rings. The minimum Gasteiger partial charge on any atom is -0.326 e. The van der Waals surface area contributed by atoms with Crippen molar-refractivity contribution in [3.05, 3.63) is 59.4 Å². The van der Waals surface area contributed by atoms with E-state index in [1.165, 1.54) is 13.0 Å². The molecule has 0 aliphatic heterocycles. The Kier molecular flexibility index (Phi) is 5.11. The summed E-state index contributed by atoms with van der Waals surface area (Å²) in [6, 6.07) is 11.2. The molecule has 0 aliphatic rings. The Morgan fingerprint density at radius 3 is 2.30 bits per heavy atom. The second-order valence-electron chi connectivity index (χ2n) is 5.61. The highest BCUT2D eigenvalue weighted by Crippen LogP contribution is 2.22. The number of carbonyl (C=O) groups excluding carboxylic acids is 2. The Hall–Kier alpha value is -2.69. The summed E-state index contributed by atoms with van der Waals surface area (Å²) in [6.45, 7) is 5.21. The maximum absolute atomic E-state index is 14.0. The molecule has 0 spiro atoms. The number of hydrogen-bond donors (Lipinski definition) is 2. The number of anilines is 2. The molecular weight excluding hydrogens is 295 g/mol. The lowest BCUT2D eigenvalue weighted by Gasteiger charge is -2.11. The van der Waals surface area contributed by atoms with E-state index in [0.29, 0.717) is 22.5 Å². The van der Waals surface area contributed by atoms with Gasteiger partial charge < -0.3 is 10.6 Å². The Balaban J connectivity index is 2.16. The summed E-state index contributed by atoms with van der Waals surface area (Å²) in [5.74, 6) is -0.846. The molecule has 0 heterocycles. The average molecular weight is 314 g/mol. The molecule has 2 amide bonds. The van der Waals surface area contributed by atoms with Gasteiger partial charge in [-0.1, -0.05) is 26.0 Å². The quantitative estimate of drug-likeness (QED) is 0.890. The predicted molar refractivity (Wildman–Crippen MR) is 89.2 cm³/mol. The van der Waals surface area contributed by atoms with Gasteiger partial charge in [-0.05, 0) is 41.8 Å². The van der Waals surface area contributed by atoms with E-state index in [1.54, 1.807) is 36.4 Å². The fraction of sp³-hybridized carbons (Fsp3) is 0.222. The Morgan fingerprint density at radius 2 is 1.70 bits per heavy atom. The van der Waals surface area contributed by atoms with Crippen LogP contribution >= 0.6 is 0 Å². The molecule has 0 fully saturated rings. The maximum Gasteiger partial charge on any atom is 0.255 e. The zero-order valence-corrected chi connectivity index (χ0v) is 13.3. The van der Waals surface area contributed by atoms with Crippen molar-refractivity contribution in [3.63, 3.8) is 0 Å². The fourth-order valence-electron chi connectivity index (χ4n) is 2.22. The zero-order chi connectivity index (χ0) is 17.0. The monoisotopic (exact) mass is 314 g/mol. The standard InChI is InChI=1S/C18H19FN2O2/c1-11(2)16-8-7-15(10-17(16)19)21-18(23)13-5-4-6-14(9-13)20-12(3)22/h4-11H,1-3H3,(H,20,22)(H,21,23). The Morgan fingerprint density at radius 1 is 1.00 bits per heavy atom. The number of amides is 2. The van der Waals surface area contributed by atoms with Crippen LogP contribution in [0.1, 0.15) is 42.6 Å². The third kappa shape index (κ3) is 4.39. The van der Waals surface area contributed by atoms with E-state index in [1.807, 2.05) is 13.8 Å². The van der Waals surface area contributed by atoms with Gasteiger partial charge in [0.25, 0.3) is 5.91 Å². The largest absolute Gasteiger partial charge is 0.326 e. The molecule has 120 valence electrons. The molecule has 5 heteroatoms. The highest BCUT2D eigenvalue weighted by Gasteiger charge is 2.11. The van der Waals surface area contributed by atoms with Gasteiger partial charge in [-0.3, -0.25) is 9.59 Å². The highest BCUT2D eigenvalue weighted by atomic mass is 19.1. The molecule has 0 saturated heterocycles. The van der Waals surface area contributed by atoms with Crippen LogP contribution < -0.4 is 10.6 Å². The van der Waals surface area contributed by atoms with Crippen molar-refractivity contribution in [2.24, 2.45) is 0 Å². The van der Waals surface area contributed by atoms with Gasteiger partial charge in [0, 0.05) is 23.9 Å². The van der Waals surface area contributed by atoms with Crippen LogP contribution in [0.4, 0.5) is 15.8 Å². The Bertz CT molecular complexity index is 742. The molecule has 0 atom stereocenters. The summed E-state index contributed by atoms with van der Waals surface area (Å²) in [7, 11) is 0. The Labute approximate surface area is 134 Å². The first-order valence-electron chi connectivity index (χ1n) is 7.35. The van der Waals surface area contributed by atoms with Gasteiger partial charge in [-0.2, -0.15) is 0 Å². The van der Waals surface area contributed by atoms with Crippen LogP contribution in [0.15, 0.2) is 42.5 Å². The molecule has 0 unspecified atom stereocenters. The number of benzene rings is 2. The van der Waals surface area contributed by atoms with Crippen molar-refractivity contribution >= 4 is 23.2 Å². The maximum atomic E-state index is 14.0. The summed E-state index contributed by atoms with van der Waals surface area (Å²) in [5.41, 5.74) is 1.91. The first-order valence-corrected chi connectivity index (χ1v) is 7.35. The van der Waals surface area contributed by atoms with Gasteiger partial charge in [-0.25, -0.2) is 4.39 Å². The predicted octanol–water partition coefficient (Wildman–Crippen LogP) is 4.16.